The van der Waals surface area contributed by atoms with E-state index in [1.807, 2.05) is 24.3 Å². The number of benzene rings is 2. The number of halogens is 1. The molecule has 0 saturated carbocycles. The molecule has 3 heterocycles. The lowest BCUT2D eigenvalue weighted by Gasteiger charge is -2.25. The van der Waals surface area contributed by atoms with Gasteiger partial charge in [-0.15, -0.1) is 0 Å². The highest BCUT2D eigenvalue weighted by Crippen LogP contribution is 2.29. The smallest absolute Gasteiger partial charge is 0.262 e. The minimum Gasteiger partial charge on any atom is -0.497 e. The predicted octanol–water partition coefficient (Wildman–Crippen LogP) is 3.81. The summed E-state index contributed by atoms with van der Waals surface area (Å²) in [6.07, 6.45) is 5.31. The van der Waals surface area contributed by atoms with E-state index in [4.69, 9.17) is 4.74 Å². The van der Waals surface area contributed by atoms with Crippen LogP contribution in [0.25, 0.3) is 16.5 Å². The number of aromatic nitrogens is 1. The van der Waals surface area contributed by atoms with E-state index in [1.54, 1.807) is 25.4 Å². The molecule has 30 heavy (non-hydrogen) atoms. The number of hydrogen-bond acceptors (Lipinski definition) is 4. The van der Waals surface area contributed by atoms with E-state index < -0.39 is 0 Å². The van der Waals surface area contributed by atoms with Crippen LogP contribution in [0.4, 0.5) is 10.1 Å². The summed E-state index contributed by atoms with van der Waals surface area (Å²) in [5.74, 6) is 0.421. The predicted molar refractivity (Wildman–Crippen MR) is 117 cm³/mol. The van der Waals surface area contributed by atoms with Gasteiger partial charge in [0.25, 0.3) is 5.56 Å². The lowest BCUT2D eigenvalue weighted by atomic mass is 10.1. The lowest BCUT2D eigenvalue weighted by molar-refractivity contribution is 0.260. The Morgan fingerprint density at radius 3 is 2.63 bits per heavy atom. The van der Waals surface area contributed by atoms with Gasteiger partial charge in [0, 0.05) is 36.8 Å². The number of methoxy groups -OCH3 is 1. The summed E-state index contributed by atoms with van der Waals surface area (Å²) in [4.78, 5) is 17.6. The molecule has 5 rings (SSSR count). The average Bonchev–Trinajstić information content (AvgIpc) is 3.45. The second-order valence-electron chi connectivity index (χ2n) is 8.21. The minimum atomic E-state index is -0.281. The molecule has 0 radical (unpaired) electrons. The second kappa shape index (κ2) is 7.76. The van der Waals surface area contributed by atoms with Crippen LogP contribution >= 0.6 is 0 Å². The van der Waals surface area contributed by atoms with E-state index in [9.17, 15) is 4.79 Å². The van der Waals surface area contributed by atoms with Crippen molar-refractivity contribution in [2.45, 2.75) is 25.3 Å². The molecule has 0 spiro atoms. The zero-order valence-electron chi connectivity index (χ0n) is 17.2. The number of nitrogens with zero attached hydrogens (tertiary/aromatic N) is 3. The first-order valence-corrected chi connectivity index (χ1v) is 10.6. The van der Waals surface area contributed by atoms with Gasteiger partial charge in [0.05, 0.1) is 18.5 Å². The topological polar surface area (TPSA) is 37.7 Å². The van der Waals surface area contributed by atoms with Crippen LogP contribution in [0.2, 0.25) is 0 Å². The Kier molecular flexibility index (Phi) is 4.95. The van der Waals surface area contributed by atoms with E-state index in [0.29, 0.717) is 28.6 Å². The highest BCUT2D eigenvalue weighted by molar-refractivity contribution is 5.83. The van der Waals surface area contributed by atoms with E-state index >= 15 is 4.39 Å². The Bertz CT molecular complexity index is 1140. The fourth-order valence-corrected chi connectivity index (χ4v) is 4.82. The molecule has 2 aliphatic rings. The summed E-state index contributed by atoms with van der Waals surface area (Å²) >= 11 is 0. The monoisotopic (exact) mass is 407 g/mol. The van der Waals surface area contributed by atoms with E-state index in [0.717, 1.165) is 38.0 Å². The summed E-state index contributed by atoms with van der Waals surface area (Å²) in [5.41, 5.74) is 0.992. The van der Waals surface area contributed by atoms with E-state index in [2.05, 4.69) is 9.80 Å². The fraction of sp³-hybridized carbons (Fsp3) is 0.375. The van der Waals surface area contributed by atoms with Gasteiger partial charge in [0.15, 0.2) is 0 Å². The zero-order valence-corrected chi connectivity index (χ0v) is 17.2. The maximum Gasteiger partial charge on any atom is 0.262 e. The van der Waals surface area contributed by atoms with Crippen molar-refractivity contribution in [1.82, 2.24) is 9.47 Å². The molecule has 1 aromatic heterocycles. The van der Waals surface area contributed by atoms with Gasteiger partial charge >= 0.3 is 0 Å². The molecule has 0 amide bonds. The van der Waals surface area contributed by atoms with E-state index in [-0.39, 0.29) is 11.4 Å². The van der Waals surface area contributed by atoms with Crippen molar-refractivity contribution in [2.75, 3.05) is 38.2 Å². The van der Waals surface area contributed by atoms with Crippen LogP contribution in [0.1, 0.15) is 19.3 Å². The number of fused-ring (bicyclic) bond motifs is 1. The summed E-state index contributed by atoms with van der Waals surface area (Å²) in [5, 5.41) is 1.38. The molecule has 0 bridgehead atoms. The molecule has 2 saturated heterocycles. The number of pyridine rings is 1. The van der Waals surface area contributed by atoms with Gasteiger partial charge in [-0.05, 0) is 74.1 Å². The number of rotatable bonds is 4. The molecule has 1 atom stereocenters. The molecular weight excluding hydrogens is 381 g/mol. The summed E-state index contributed by atoms with van der Waals surface area (Å²) in [6.45, 7) is 4.07. The van der Waals surface area contributed by atoms with Crippen molar-refractivity contribution >= 4 is 16.5 Å². The van der Waals surface area contributed by atoms with Gasteiger partial charge in [-0.2, -0.15) is 0 Å². The number of likely N-dealkylation sites (tertiary alicyclic amines) is 1. The Morgan fingerprint density at radius 2 is 1.87 bits per heavy atom. The first kappa shape index (κ1) is 19.1. The maximum atomic E-state index is 15.0. The highest BCUT2D eigenvalue weighted by Gasteiger charge is 2.30. The van der Waals surface area contributed by atoms with Crippen LogP contribution in [0.15, 0.2) is 53.5 Å². The third kappa shape index (κ3) is 3.35. The first-order valence-electron chi connectivity index (χ1n) is 10.6. The molecular formula is C24H26FN3O2. The molecule has 156 valence electrons. The van der Waals surface area contributed by atoms with Crippen molar-refractivity contribution in [1.29, 1.82) is 0 Å². The fourth-order valence-electron chi connectivity index (χ4n) is 4.82. The number of anilines is 1. The quantitative estimate of drug-likeness (QED) is 0.659. The van der Waals surface area contributed by atoms with Crippen LogP contribution in [-0.4, -0.2) is 48.8 Å². The third-order valence-electron chi connectivity index (χ3n) is 6.48. The average molecular weight is 407 g/mol. The van der Waals surface area contributed by atoms with E-state index in [1.165, 1.54) is 23.5 Å². The summed E-state index contributed by atoms with van der Waals surface area (Å²) < 4.78 is 21.8. The number of ether oxygens (including phenoxy) is 1. The molecule has 2 fully saturated rings. The Balaban J connectivity index is 1.42. The zero-order chi connectivity index (χ0) is 20.7. The van der Waals surface area contributed by atoms with Crippen LogP contribution < -0.4 is 15.2 Å². The van der Waals surface area contributed by atoms with Crippen LogP contribution in [0.3, 0.4) is 0 Å². The summed E-state index contributed by atoms with van der Waals surface area (Å²) in [6, 6.07) is 12.8. The Hall–Kier alpha value is -2.86. The van der Waals surface area contributed by atoms with Crippen LogP contribution in [0.5, 0.6) is 5.75 Å². The Morgan fingerprint density at radius 1 is 1.03 bits per heavy atom. The SMILES string of the molecule is COc1ccc2c(=O)n(-c3ccc(N4CC[C@@H](N5CCCC5)C4)c(F)c3)ccc2c1. The van der Waals surface area contributed by atoms with Crippen molar-refractivity contribution < 1.29 is 9.13 Å². The highest BCUT2D eigenvalue weighted by atomic mass is 19.1. The van der Waals surface area contributed by atoms with Crippen molar-refractivity contribution in [3.8, 4) is 11.4 Å². The lowest BCUT2D eigenvalue weighted by Crippen LogP contribution is -2.35. The minimum absolute atomic E-state index is 0.169. The van der Waals surface area contributed by atoms with Gasteiger partial charge < -0.3 is 9.64 Å². The first-order chi connectivity index (χ1) is 14.6. The second-order valence-corrected chi connectivity index (χ2v) is 8.21. The van der Waals surface area contributed by atoms with Crippen molar-refractivity contribution in [3.05, 3.63) is 64.8 Å². The van der Waals surface area contributed by atoms with Gasteiger partial charge in [-0.1, -0.05) is 0 Å². The molecule has 2 aromatic carbocycles. The molecule has 0 N–H and O–H groups in total. The molecule has 3 aromatic rings. The molecule has 0 unspecified atom stereocenters. The molecule has 5 nitrogen and oxygen atoms in total. The van der Waals surface area contributed by atoms with Crippen molar-refractivity contribution in [3.63, 3.8) is 0 Å². The molecule has 2 aliphatic heterocycles. The van der Waals surface area contributed by atoms with Gasteiger partial charge in [-0.25, -0.2) is 4.39 Å². The molecule has 0 aliphatic carbocycles. The van der Waals surface area contributed by atoms with Crippen LogP contribution in [-0.2, 0) is 0 Å². The van der Waals surface area contributed by atoms with Gasteiger partial charge in [-0.3, -0.25) is 14.3 Å². The third-order valence-corrected chi connectivity index (χ3v) is 6.48. The number of hydrogen-bond donors (Lipinski definition) is 0. The van der Waals surface area contributed by atoms with Crippen LogP contribution in [0, 0.1) is 5.82 Å². The Labute approximate surface area is 175 Å². The molecule has 6 heteroatoms. The van der Waals surface area contributed by atoms with Gasteiger partial charge in [0.1, 0.15) is 11.6 Å². The van der Waals surface area contributed by atoms with Gasteiger partial charge in [0.2, 0.25) is 0 Å². The largest absolute Gasteiger partial charge is 0.497 e. The van der Waals surface area contributed by atoms with Crippen molar-refractivity contribution in [2.24, 2.45) is 0 Å². The normalized spacial score (nSPS) is 19.7. The standard InChI is InChI=1S/C24H26FN3O2/c1-30-20-5-6-21-17(14-20)8-13-28(24(21)29)18-4-7-23(22(25)15-18)27-12-9-19(16-27)26-10-2-3-11-26/h4-8,13-15,19H,2-3,9-12,16H2,1H3/t19-/m1/s1. The summed E-state index contributed by atoms with van der Waals surface area (Å²) in [7, 11) is 1.60. The maximum absolute atomic E-state index is 15.0.